The molecule has 0 bridgehead atoms. The van der Waals surface area contributed by atoms with Crippen molar-refractivity contribution >= 4 is 39.9 Å². The van der Waals surface area contributed by atoms with Gasteiger partial charge in [-0.3, -0.25) is 19.3 Å². The highest BCUT2D eigenvalue weighted by molar-refractivity contribution is 6.28. The van der Waals surface area contributed by atoms with E-state index in [0.717, 1.165) is 53.4 Å². The predicted molar refractivity (Wildman–Crippen MR) is 129 cm³/mol. The van der Waals surface area contributed by atoms with E-state index in [0.29, 0.717) is 5.69 Å². The Bertz CT molecular complexity index is 1410. The summed E-state index contributed by atoms with van der Waals surface area (Å²) in [5.74, 6) is -1.84. The minimum absolute atomic E-state index is 0.108. The minimum atomic E-state index is -1.13. The molecule has 3 fully saturated rings. The molecule has 3 aromatic rings. The fraction of sp³-hybridized carbons (Fsp3) is 0.321. The van der Waals surface area contributed by atoms with Crippen LogP contribution in [0.2, 0.25) is 0 Å². The molecule has 34 heavy (non-hydrogen) atoms. The Morgan fingerprint density at radius 1 is 0.971 bits per heavy atom. The van der Waals surface area contributed by atoms with Gasteiger partial charge in [0.25, 0.3) is 0 Å². The summed E-state index contributed by atoms with van der Waals surface area (Å²) in [7, 11) is 0. The molecule has 7 rings (SSSR count). The predicted octanol–water partition coefficient (Wildman–Crippen LogP) is 3.83. The van der Waals surface area contributed by atoms with Crippen molar-refractivity contribution in [2.75, 3.05) is 16.8 Å². The van der Waals surface area contributed by atoms with Crippen molar-refractivity contribution in [3.63, 3.8) is 0 Å². The van der Waals surface area contributed by atoms with Gasteiger partial charge in [0.1, 0.15) is 5.54 Å². The van der Waals surface area contributed by atoms with Gasteiger partial charge in [0.2, 0.25) is 17.7 Å². The second-order valence-corrected chi connectivity index (χ2v) is 9.83. The van der Waals surface area contributed by atoms with Gasteiger partial charge in [-0.05, 0) is 42.8 Å². The highest BCUT2D eigenvalue weighted by atomic mass is 16.2. The van der Waals surface area contributed by atoms with E-state index >= 15 is 0 Å². The van der Waals surface area contributed by atoms with Gasteiger partial charge in [-0.2, -0.15) is 0 Å². The number of hydrogen-bond acceptors (Lipinski definition) is 4. The van der Waals surface area contributed by atoms with E-state index in [-0.39, 0.29) is 23.8 Å². The van der Waals surface area contributed by atoms with Gasteiger partial charge in [-0.15, -0.1) is 0 Å². The van der Waals surface area contributed by atoms with E-state index in [4.69, 9.17) is 0 Å². The third-order valence-corrected chi connectivity index (χ3v) is 8.50. The Labute approximate surface area is 197 Å². The zero-order chi connectivity index (χ0) is 23.2. The molecule has 4 aliphatic rings. The van der Waals surface area contributed by atoms with E-state index in [9.17, 15) is 14.4 Å². The number of nitrogens with zero attached hydrogens (tertiary/aromatic N) is 2. The average molecular weight is 452 g/mol. The van der Waals surface area contributed by atoms with E-state index < -0.39 is 17.4 Å². The van der Waals surface area contributed by atoms with Crippen molar-refractivity contribution < 1.29 is 14.4 Å². The molecule has 1 spiro atoms. The van der Waals surface area contributed by atoms with Crippen molar-refractivity contribution in [2.24, 2.45) is 11.8 Å². The van der Waals surface area contributed by atoms with Gasteiger partial charge in [-0.1, -0.05) is 61.5 Å². The Morgan fingerprint density at radius 3 is 2.62 bits per heavy atom. The summed E-state index contributed by atoms with van der Waals surface area (Å²) in [4.78, 5) is 45.7. The highest BCUT2D eigenvalue weighted by Crippen LogP contribution is 2.61. The quantitative estimate of drug-likeness (QED) is 0.602. The van der Waals surface area contributed by atoms with Crippen LogP contribution in [0.15, 0.2) is 60.7 Å². The van der Waals surface area contributed by atoms with Gasteiger partial charge in [-0.25, -0.2) is 4.90 Å². The van der Waals surface area contributed by atoms with E-state index in [1.165, 1.54) is 4.90 Å². The number of carbonyl (C=O) groups excluding carboxylic acids is 3. The number of anilines is 2. The van der Waals surface area contributed by atoms with Gasteiger partial charge < -0.3 is 5.32 Å². The maximum atomic E-state index is 14.2. The zero-order valence-electron chi connectivity index (χ0n) is 19.0. The number of nitrogens with one attached hydrogen (secondary N) is 1. The summed E-state index contributed by atoms with van der Waals surface area (Å²) in [6, 6.07) is 19.4. The van der Waals surface area contributed by atoms with Crippen LogP contribution in [0, 0.1) is 11.8 Å². The molecule has 3 amide bonds. The number of para-hydroxylation sites is 1. The van der Waals surface area contributed by atoms with Gasteiger partial charge >= 0.3 is 0 Å². The monoisotopic (exact) mass is 451 g/mol. The lowest BCUT2D eigenvalue weighted by atomic mass is 9.75. The van der Waals surface area contributed by atoms with Crippen LogP contribution in [0.3, 0.4) is 0 Å². The van der Waals surface area contributed by atoms with Crippen LogP contribution in [0.5, 0.6) is 0 Å². The smallest absolute Gasteiger partial charge is 0.250 e. The average Bonchev–Trinajstić information content (AvgIpc) is 3.57. The largest absolute Gasteiger partial charge is 0.324 e. The molecule has 6 nitrogen and oxygen atoms in total. The lowest BCUT2D eigenvalue weighted by molar-refractivity contribution is -0.135. The molecule has 0 aliphatic carbocycles. The second kappa shape index (κ2) is 6.76. The Hall–Kier alpha value is -3.51. The van der Waals surface area contributed by atoms with Crippen molar-refractivity contribution in [1.82, 2.24) is 4.90 Å². The van der Waals surface area contributed by atoms with Gasteiger partial charge in [0.05, 0.1) is 17.5 Å². The molecule has 3 saturated heterocycles. The molecule has 4 aliphatic heterocycles. The summed E-state index contributed by atoms with van der Waals surface area (Å²) >= 11 is 0. The van der Waals surface area contributed by atoms with Crippen LogP contribution >= 0.6 is 0 Å². The highest BCUT2D eigenvalue weighted by Gasteiger charge is 2.74. The van der Waals surface area contributed by atoms with Crippen LogP contribution in [-0.2, 0) is 26.3 Å². The number of carbonyl (C=O) groups is 3. The first-order valence-electron chi connectivity index (χ1n) is 12.1. The van der Waals surface area contributed by atoms with E-state index in [1.54, 1.807) is 0 Å². The zero-order valence-corrected chi connectivity index (χ0v) is 19.0. The van der Waals surface area contributed by atoms with Crippen LogP contribution in [0.4, 0.5) is 11.4 Å². The molecule has 0 aromatic heterocycles. The number of imide groups is 1. The van der Waals surface area contributed by atoms with Crippen LogP contribution in [0.1, 0.15) is 30.9 Å². The third-order valence-electron chi connectivity index (χ3n) is 8.50. The number of rotatable bonds is 2. The van der Waals surface area contributed by atoms with Gasteiger partial charge in [0, 0.05) is 22.7 Å². The summed E-state index contributed by atoms with van der Waals surface area (Å²) in [6.07, 6.45) is 2.52. The molecule has 170 valence electrons. The Kier molecular flexibility index (Phi) is 3.96. The summed E-state index contributed by atoms with van der Waals surface area (Å²) in [6.45, 7) is 2.78. The molecule has 0 saturated carbocycles. The maximum Gasteiger partial charge on any atom is 0.250 e. The number of aryl methyl sites for hydroxylation is 1. The number of benzene rings is 3. The summed E-state index contributed by atoms with van der Waals surface area (Å²) in [5.41, 5.74) is 2.23. The van der Waals surface area contributed by atoms with E-state index in [2.05, 4.69) is 17.1 Å². The fourth-order valence-corrected chi connectivity index (χ4v) is 7.23. The molecule has 3 aromatic carbocycles. The maximum absolute atomic E-state index is 14.2. The van der Waals surface area contributed by atoms with Crippen molar-refractivity contribution in [3.8, 4) is 0 Å². The van der Waals surface area contributed by atoms with Crippen molar-refractivity contribution in [1.29, 1.82) is 0 Å². The Morgan fingerprint density at radius 2 is 1.76 bits per heavy atom. The number of fused-ring (bicyclic) bond motifs is 8. The lowest BCUT2D eigenvalue weighted by Crippen LogP contribution is -2.54. The van der Waals surface area contributed by atoms with E-state index in [1.807, 2.05) is 60.7 Å². The fourth-order valence-electron chi connectivity index (χ4n) is 7.23. The molecule has 4 atom stereocenters. The number of hydrogen-bond donors (Lipinski definition) is 1. The van der Waals surface area contributed by atoms with Crippen molar-refractivity contribution in [2.45, 2.75) is 37.8 Å². The molecule has 4 unspecified atom stereocenters. The Balaban J connectivity index is 1.45. The molecule has 0 radical (unpaired) electrons. The first kappa shape index (κ1) is 19.9. The normalized spacial score (nSPS) is 29.7. The third kappa shape index (κ3) is 2.18. The summed E-state index contributed by atoms with van der Waals surface area (Å²) in [5, 5.41) is 4.98. The van der Waals surface area contributed by atoms with Gasteiger partial charge in [0.15, 0.2) is 0 Å². The molecule has 4 heterocycles. The van der Waals surface area contributed by atoms with Crippen LogP contribution in [0.25, 0.3) is 10.8 Å². The minimum Gasteiger partial charge on any atom is -0.324 e. The molecule has 1 N–H and O–H groups in total. The van der Waals surface area contributed by atoms with Crippen molar-refractivity contribution in [3.05, 3.63) is 71.8 Å². The van der Waals surface area contributed by atoms with Crippen LogP contribution in [-0.4, -0.2) is 35.2 Å². The molecular formula is C28H25N3O3. The number of amides is 3. The van der Waals surface area contributed by atoms with Crippen LogP contribution < -0.4 is 10.2 Å². The topological polar surface area (TPSA) is 69.7 Å². The lowest BCUT2D eigenvalue weighted by Gasteiger charge is -2.36. The molecule has 6 heteroatoms. The second-order valence-electron chi connectivity index (χ2n) is 9.83. The first-order chi connectivity index (χ1) is 16.6. The molecular weight excluding hydrogens is 426 g/mol. The SMILES string of the molecule is CCc1cccc2c1NC(=O)C21C2C(=O)N(c3cccc4ccccc34)C(=O)C2C2CCCN21. The summed E-state index contributed by atoms with van der Waals surface area (Å²) < 4.78 is 0. The first-order valence-corrected chi connectivity index (χ1v) is 12.1. The standard InChI is InChI=1S/C28H25N3O3/c1-2-16-9-5-12-19-24(16)29-27(34)28(19)23-22(21-14-7-15-30(21)28)25(32)31(26(23)33)20-13-6-10-17-8-3-4-11-18(17)20/h3-6,8-13,21-23H,2,7,14-15H2,1H3,(H,29,34).